The topological polar surface area (TPSA) is 17.1 Å². The minimum atomic E-state index is 0.272. The fourth-order valence-electron chi connectivity index (χ4n) is 3.32. The number of carbonyl (C=O) groups is 1. The molecule has 0 spiro atoms. The third-order valence-electron chi connectivity index (χ3n) is 4.38. The Morgan fingerprint density at radius 3 is 2.93 bits per heavy atom. The Labute approximate surface area is 86.6 Å². The van der Waals surface area contributed by atoms with Gasteiger partial charge in [0.25, 0.3) is 0 Å². The molecule has 1 fully saturated rings. The first kappa shape index (κ1) is 9.95. The normalized spacial score (nSPS) is 43.1. The van der Waals surface area contributed by atoms with E-state index in [1.807, 2.05) is 0 Å². The van der Waals surface area contributed by atoms with E-state index in [1.54, 1.807) is 0 Å². The monoisotopic (exact) mass is 192 g/mol. The number of hydrogen-bond acceptors (Lipinski definition) is 1. The van der Waals surface area contributed by atoms with E-state index >= 15 is 0 Å². The molecular weight excluding hydrogens is 172 g/mol. The summed E-state index contributed by atoms with van der Waals surface area (Å²) in [6.45, 7) is 6.69. The summed E-state index contributed by atoms with van der Waals surface area (Å²) in [4.78, 5) is 12.0. The smallest absolute Gasteiger partial charge is 0.137 e. The van der Waals surface area contributed by atoms with Crippen molar-refractivity contribution >= 4 is 5.78 Å². The van der Waals surface area contributed by atoms with Crippen LogP contribution < -0.4 is 0 Å². The summed E-state index contributed by atoms with van der Waals surface area (Å²) in [7, 11) is 0. The van der Waals surface area contributed by atoms with Gasteiger partial charge in [-0.05, 0) is 37.5 Å². The molecule has 3 atom stereocenters. The lowest BCUT2D eigenvalue weighted by atomic mass is 9.57. The number of rotatable bonds is 0. The van der Waals surface area contributed by atoms with Gasteiger partial charge in [-0.15, -0.1) is 0 Å². The SMILES string of the molecule is CC1=CC[C@]2(C)CCCC(=O)[C@@H]2[C@@H]1C. The Kier molecular flexibility index (Phi) is 2.29. The molecule has 0 bridgehead atoms. The molecule has 0 N–H and O–H groups in total. The molecule has 0 amide bonds. The maximum Gasteiger partial charge on any atom is 0.137 e. The lowest BCUT2D eigenvalue weighted by Crippen LogP contribution is -2.43. The molecule has 0 aromatic heterocycles. The molecule has 14 heavy (non-hydrogen) atoms. The van der Waals surface area contributed by atoms with Crippen LogP contribution in [-0.2, 0) is 4.79 Å². The predicted molar refractivity (Wildman–Crippen MR) is 58.0 cm³/mol. The number of ketones is 1. The Morgan fingerprint density at radius 1 is 1.50 bits per heavy atom. The number of allylic oxidation sites excluding steroid dienone is 2. The number of carbonyl (C=O) groups excluding carboxylic acids is 1. The fraction of sp³-hybridized carbons (Fsp3) is 0.769. The molecule has 0 heterocycles. The Bertz CT molecular complexity index is 290. The lowest BCUT2D eigenvalue weighted by molar-refractivity contribution is -0.132. The lowest BCUT2D eigenvalue weighted by Gasteiger charge is -2.46. The van der Waals surface area contributed by atoms with Crippen molar-refractivity contribution in [1.29, 1.82) is 0 Å². The van der Waals surface area contributed by atoms with Crippen molar-refractivity contribution in [1.82, 2.24) is 0 Å². The van der Waals surface area contributed by atoms with Crippen LogP contribution in [0, 0.1) is 17.3 Å². The summed E-state index contributed by atoms with van der Waals surface area (Å²) < 4.78 is 0. The molecule has 1 saturated carbocycles. The van der Waals surface area contributed by atoms with Gasteiger partial charge in [-0.25, -0.2) is 0 Å². The summed E-state index contributed by atoms with van der Waals surface area (Å²) in [5, 5.41) is 0. The van der Waals surface area contributed by atoms with Crippen molar-refractivity contribution in [3.8, 4) is 0 Å². The van der Waals surface area contributed by atoms with Crippen LogP contribution in [0.1, 0.15) is 46.5 Å². The molecule has 0 aromatic rings. The van der Waals surface area contributed by atoms with E-state index in [4.69, 9.17) is 0 Å². The van der Waals surface area contributed by atoms with Gasteiger partial charge in [0.15, 0.2) is 0 Å². The molecule has 0 aliphatic heterocycles. The first-order valence-electron chi connectivity index (χ1n) is 5.74. The molecule has 1 heteroatoms. The molecular formula is C13H20O. The first-order chi connectivity index (χ1) is 6.54. The second kappa shape index (κ2) is 3.22. The second-order valence-corrected chi connectivity index (χ2v) is 5.39. The van der Waals surface area contributed by atoms with E-state index in [0.29, 0.717) is 17.6 Å². The minimum absolute atomic E-state index is 0.272. The molecule has 0 unspecified atom stereocenters. The Hall–Kier alpha value is -0.590. The zero-order valence-electron chi connectivity index (χ0n) is 9.47. The van der Waals surface area contributed by atoms with E-state index < -0.39 is 0 Å². The van der Waals surface area contributed by atoms with E-state index in [-0.39, 0.29) is 5.41 Å². The van der Waals surface area contributed by atoms with E-state index in [2.05, 4.69) is 26.8 Å². The molecule has 0 radical (unpaired) electrons. The highest BCUT2D eigenvalue weighted by atomic mass is 16.1. The average Bonchev–Trinajstić information content (AvgIpc) is 2.12. The van der Waals surface area contributed by atoms with Crippen molar-refractivity contribution < 1.29 is 4.79 Å². The maximum absolute atomic E-state index is 12.0. The summed E-state index contributed by atoms with van der Waals surface area (Å²) in [6.07, 6.45) is 6.61. The van der Waals surface area contributed by atoms with Crippen LogP contribution in [0.5, 0.6) is 0 Å². The zero-order valence-corrected chi connectivity index (χ0v) is 9.47. The van der Waals surface area contributed by atoms with Crippen molar-refractivity contribution in [2.75, 3.05) is 0 Å². The van der Waals surface area contributed by atoms with Crippen LogP contribution >= 0.6 is 0 Å². The summed E-state index contributed by atoms with van der Waals surface area (Å²) >= 11 is 0. The van der Waals surface area contributed by atoms with Crippen LogP contribution in [0.3, 0.4) is 0 Å². The van der Waals surface area contributed by atoms with E-state index in [1.165, 1.54) is 12.0 Å². The average molecular weight is 192 g/mol. The van der Waals surface area contributed by atoms with Gasteiger partial charge in [0.1, 0.15) is 5.78 Å². The van der Waals surface area contributed by atoms with Gasteiger partial charge in [-0.1, -0.05) is 25.5 Å². The standard InChI is InChI=1S/C13H20O/c1-9-6-8-13(3)7-4-5-11(14)12(13)10(9)2/h6,10,12H,4-5,7-8H2,1-3H3/t10-,12+,13+/m1/s1. The molecule has 2 aliphatic carbocycles. The minimum Gasteiger partial charge on any atom is -0.299 e. The zero-order chi connectivity index (χ0) is 10.3. The van der Waals surface area contributed by atoms with Crippen molar-refractivity contribution in [2.24, 2.45) is 17.3 Å². The highest BCUT2D eigenvalue weighted by Crippen LogP contribution is 2.50. The van der Waals surface area contributed by atoms with Gasteiger partial charge in [0.05, 0.1) is 0 Å². The molecule has 2 aliphatic rings. The van der Waals surface area contributed by atoms with Gasteiger partial charge in [-0.3, -0.25) is 4.79 Å². The van der Waals surface area contributed by atoms with Crippen LogP contribution in [0.4, 0.5) is 0 Å². The van der Waals surface area contributed by atoms with Crippen molar-refractivity contribution in [3.05, 3.63) is 11.6 Å². The van der Waals surface area contributed by atoms with Gasteiger partial charge in [0, 0.05) is 12.3 Å². The van der Waals surface area contributed by atoms with Gasteiger partial charge in [-0.2, -0.15) is 0 Å². The first-order valence-corrected chi connectivity index (χ1v) is 5.74. The van der Waals surface area contributed by atoms with Crippen molar-refractivity contribution in [3.63, 3.8) is 0 Å². The predicted octanol–water partition coefficient (Wildman–Crippen LogP) is 3.35. The summed E-state index contributed by atoms with van der Waals surface area (Å²) in [5.74, 6) is 1.29. The van der Waals surface area contributed by atoms with Gasteiger partial charge < -0.3 is 0 Å². The number of hydrogen-bond donors (Lipinski definition) is 0. The van der Waals surface area contributed by atoms with E-state index in [9.17, 15) is 4.79 Å². The third kappa shape index (κ3) is 1.34. The Balaban J connectivity index is 2.36. The van der Waals surface area contributed by atoms with Crippen LogP contribution in [0.15, 0.2) is 11.6 Å². The van der Waals surface area contributed by atoms with Gasteiger partial charge in [0.2, 0.25) is 0 Å². The third-order valence-corrected chi connectivity index (χ3v) is 4.38. The quantitative estimate of drug-likeness (QED) is 0.538. The van der Waals surface area contributed by atoms with Gasteiger partial charge >= 0.3 is 0 Å². The molecule has 0 aromatic carbocycles. The van der Waals surface area contributed by atoms with Crippen LogP contribution in [0.25, 0.3) is 0 Å². The second-order valence-electron chi connectivity index (χ2n) is 5.39. The van der Waals surface area contributed by atoms with Crippen LogP contribution in [-0.4, -0.2) is 5.78 Å². The van der Waals surface area contributed by atoms with Crippen LogP contribution in [0.2, 0.25) is 0 Å². The Morgan fingerprint density at radius 2 is 2.21 bits per heavy atom. The molecule has 1 nitrogen and oxygen atoms in total. The molecule has 78 valence electrons. The molecule has 2 rings (SSSR count). The van der Waals surface area contributed by atoms with E-state index in [0.717, 1.165) is 19.3 Å². The highest BCUT2D eigenvalue weighted by Gasteiger charge is 2.45. The largest absolute Gasteiger partial charge is 0.299 e. The molecule has 0 saturated heterocycles. The summed E-state index contributed by atoms with van der Waals surface area (Å²) in [5.41, 5.74) is 1.69. The summed E-state index contributed by atoms with van der Waals surface area (Å²) in [6, 6.07) is 0. The maximum atomic E-state index is 12.0. The van der Waals surface area contributed by atoms with Crippen molar-refractivity contribution in [2.45, 2.75) is 46.5 Å². The highest BCUT2D eigenvalue weighted by molar-refractivity contribution is 5.83. The number of fused-ring (bicyclic) bond motifs is 1. The fourth-order valence-corrected chi connectivity index (χ4v) is 3.32. The number of Topliss-reactive ketones (excluding diaryl/α,β-unsaturated/α-hetero) is 1.